The number of halogens is 1. The first-order chi connectivity index (χ1) is 18.0. The van der Waals surface area contributed by atoms with Gasteiger partial charge in [0.05, 0.1) is 29.4 Å². The molecule has 2 N–H and O–H groups in total. The van der Waals surface area contributed by atoms with Crippen LogP contribution in [0.1, 0.15) is 18.9 Å². The number of carbonyl (C=O) groups is 1. The average molecular weight is 520 g/mol. The van der Waals surface area contributed by atoms with Gasteiger partial charge in [0, 0.05) is 18.4 Å². The van der Waals surface area contributed by atoms with E-state index in [1.807, 2.05) is 55.5 Å². The van der Waals surface area contributed by atoms with Gasteiger partial charge in [-0.3, -0.25) is 4.79 Å². The van der Waals surface area contributed by atoms with Gasteiger partial charge in [0.15, 0.2) is 11.8 Å². The summed E-state index contributed by atoms with van der Waals surface area (Å²) in [6.07, 6.45) is -0.696. The normalized spacial score (nSPS) is 22.9. The van der Waals surface area contributed by atoms with Crippen LogP contribution in [0.2, 0.25) is 5.02 Å². The smallest absolute Gasteiger partial charge is 0.296 e. The van der Waals surface area contributed by atoms with Gasteiger partial charge < -0.3 is 24.3 Å². The van der Waals surface area contributed by atoms with Gasteiger partial charge in [-0.1, -0.05) is 67.1 Å². The fourth-order valence-electron chi connectivity index (χ4n) is 4.83. The SMILES string of the molecule is CCC(=O)Cc1ccc(-c2ccc(-c3nc4nc(O[C@@H]5CO[C@H]6[C@@H]5OC[C@H]6O)[nH]c4cc3Cl)cc2)cc1. The monoisotopic (exact) mass is 519 g/mol. The minimum atomic E-state index is -0.639. The second-order valence-corrected chi connectivity index (χ2v) is 9.80. The van der Waals surface area contributed by atoms with Crippen LogP contribution in [-0.2, 0) is 20.7 Å². The highest BCUT2D eigenvalue weighted by molar-refractivity contribution is 6.33. The van der Waals surface area contributed by atoms with E-state index in [1.54, 1.807) is 6.07 Å². The number of aliphatic hydroxyl groups is 1. The van der Waals surface area contributed by atoms with E-state index >= 15 is 0 Å². The highest BCUT2D eigenvalue weighted by Crippen LogP contribution is 2.33. The van der Waals surface area contributed by atoms with Crippen LogP contribution in [0.4, 0.5) is 0 Å². The molecule has 4 aromatic rings. The molecular weight excluding hydrogens is 494 g/mol. The highest BCUT2D eigenvalue weighted by atomic mass is 35.5. The number of aromatic amines is 1. The molecule has 0 aliphatic carbocycles. The molecule has 0 spiro atoms. The molecular formula is C28H26ClN3O5. The quantitative estimate of drug-likeness (QED) is 0.373. The van der Waals surface area contributed by atoms with E-state index < -0.39 is 6.10 Å². The third-order valence-corrected chi connectivity index (χ3v) is 7.18. The van der Waals surface area contributed by atoms with Gasteiger partial charge in [-0.2, -0.15) is 4.98 Å². The lowest BCUT2D eigenvalue weighted by Gasteiger charge is -2.15. The van der Waals surface area contributed by atoms with Crippen LogP contribution in [-0.4, -0.2) is 63.5 Å². The Morgan fingerprint density at radius 2 is 1.70 bits per heavy atom. The van der Waals surface area contributed by atoms with Crippen molar-refractivity contribution in [2.24, 2.45) is 0 Å². The zero-order valence-electron chi connectivity index (χ0n) is 20.2. The van der Waals surface area contributed by atoms with Gasteiger partial charge >= 0.3 is 0 Å². The van der Waals surface area contributed by atoms with Crippen LogP contribution < -0.4 is 4.74 Å². The van der Waals surface area contributed by atoms with Gasteiger partial charge in [0.2, 0.25) is 0 Å². The molecule has 9 heteroatoms. The molecule has 2 aliphatic heterocycles. The van der Waals surface area contributed by atoms with E-state index in [-0.39, 0.29) is 30.7 Å². The first-order valence-electron chi connectivity index (χ1n) is 12.3. The number of nitrogens with one attached hydrogen (secondary N) is 1. The minimum Gasteiger partial charge on any atom is -0.456 e. The number of fused-ring (bicyclic) bond motifs is 2. The van der Waals surface area contributed by atoms with Crippen molar-refractivity contribution in [2.45, 2.75) is 44.2 Å². The number of hydrogen-bond donors (Lipinski definition) is 2. The van der Waals surface area contributed by atoms with Crippen LogP contribution in [0, 0.1) is 0 Å². The van der Waals surface area contributed by atoms with Gasteiger partial charge in [0.25, 0.3) is 6.01 Å². The number of aliphatic hydroxyl groups excluding tert-OH is 1. The molecule has 0 saturated carbocycles. The molecule has 2 aromatic carbocycles. The number of H-pyrrole nitrogens is 1. The number of carbonyl (C=O) groups excluding carboxylic acids is 1. The van der Waals surface area contributed by atoms with Gasteiger partial charge in [-0.05, 0) is 22.8 Å². The van der Waals surface area contributed by atoms with Crippen molar-refractivity contribution in [3.05, 3.63) is 65.2 Å². The van der Waals surface area contributed by atoms with Crippen LogP contribution in [0.15, 0.2) is 54.6 Å². The Kier molecular flexibility index (Phi) is 6.42. The summed E-state index contributed by atoms with van der Waals surface area (Å²) in [6, 6.07) is 18.2. The summed E-state index contributed by atoms with van der Waals surface area (Å²) in [5, 5.41) is 10.4. The Morgan fingerprint density at radius 3 is 2.43 bits per heavy atom. The van der Waals surface area contributed by atoms with E-state index in [9.17, 15) is 9.90 Å². The Morgan fingerprint density at radius 1 is 1.03 bits per heavy atom. The first-order valence-corrected chi connectivity index (χ1v) is 12.7. The highest BCUT2D eigenvalue weighted by Gasteiger charge is 2.48. The molecule has 2 saturated heterocycles. The number of hydrogen-bond acceptors (Lipinski definition) is 7. The second-order valence-electron chi connectivity index (χ2n) is 9.39. The molecule has 0 amide bonds. The van der Waals surface area contributed by atoms with E-state index in [0.29, 0.717) is 47.3 Å². The third kappa shape index (κ3) is 4.73. The van der Waals surface area contributed by atoms with Crippen LogP contribution in [0.3, 0.4) is 0 Å². The fourth-order valence-corrected chi connectivity index (χ4v) is 5.09. The summed E-state index contributed by atoms with van der Waals surface area (Å²) in [4.78, 5) is 24.0. The summed E-state index contributed by atoms with van der Waals surface area (Å²) in [5.74, 6) is 0.234. The summed E-state index contributed by atoms with van der Waals surface area (Å²) < 4.78 is 17.2. The lowest BCUT2D eigenvalue weighted by molar-refractivity contribution is -0.118. The molecule has 4 atom stereocenters. The van der Waals surface area contributed by atoms with Gasteiger partial charge in [-0.15, -0.1) is 0 Å². The first kappa shape index (κ1) is 24.1. The predicted molar refractivity (Wildman–Crippen MR) is 139 cm³/mol. The zero-order chi connectivity index (χ0) is 25.5. The van der Waals surface area contributed by atoms with E-state index in [0.717, 1.165) is 22.3 Å². The van der Waals surface area contributed by atoms with Crippen LogP contribution in [0.25, 0.3) is 33.5 Å². The number of nitrogens with zero attached hydrogens (tertiary/aromatic N) is 2. The van der Waals surface area contributed by atoms with Crippen molar-refractivity contribution in [2.75, 3.05) is 13.2 Å². The second kappa shape index (κ2) is 9.87. The number of rotatable bonds is 7. The molecule has 0 bridgehead atoms. The van der Waals surface area contributed by atoms with E-state index in [4.69, 9.17) is 25.8 Å². The number of benzene rings is 2. The topological polar surface area (TPSA) is 107 Å². The van der Waals surface area contributed by atoms with Crippen LogP contribution in [0.5, 0.6) is 6.01 Å². The van der Waals surface area contributed by atoms with Crippen molar-refractivity contribution in [3.63, 3.8) is 0 Å². The number of ketones is 1. The molecule has 4 heterocycles. The number of aromatic nitrogens is 3. The molecule has 190 valence electrons. The Balaban J connectivity index is 1.20. The van der Waals surface area contributed by atoms with Crippen LogP contribution >= 0.6 is 11.6 Å². The standard InChI is InChI=1S/C28H26ClN3O5/c1-2-19(33)11-15-3-5-16(6-4-15)17-7-9-18(10-8-17)24-20(29)12-21-27(31-24)32-28(30-21)37-23-14-36-25-22(34)13-35-26(23)25/h3-10,12,22-23,25-26,34H,2,11,13-14H2,1H3,(H,30,31,32)/t22-,23-,25-,26-/m1/s1. The maximum Gasteiger partial charge on any atom is 0.296 e. The lowest BCUT2D eigenvalue weighted by atomic mass is 10.00. The van der Waals surface area contributed by atoms with Gasteiger partial charge in [-0.25, -0.2) is 4.98 Å². The minimum absolute atomic E-state index is 0.234. The number of Topliss-reactive ketones (excluding diaryl/α,β-unsaturated/α-hetero) is 1. The molecule has 8 nitrogen and oxygen atoms in total. The molecule has 2 aromatic heterocycles. The Hall–Kier alpha value is -3.30. The summed E-state index contributed by atoms with van der Waals surface area (Å²) in [5.41, 5.74) is 5.78. The summed E-state index contributed by atoms with van der Waals surface area (Å²) in [7, 11) is 0. The summed E-state index contributed by atoms with van der Waals surface area (Å²) >= 11 is 6.59. The number of imidazole rings is 1. The van der Waals surface area contributed by atoms with E-state index in [2.05, 4.69) is 15.0 Å². The Bertz CT molecular complexity index is 1440. The zero-order valence-corrected chi connectivity index (χ0v) is 20.9. The molecule has 2 fully saturated rings. The maximum absolute atomic E-state index is 11.7. The molecule has 6 rings (SSSR count). The maximum atomic E-state index is 11.7. The van der Waals surface area contributed by atoms with Crippen molar-refractivity contribution in [3.8, 4) is 28.4 Å². The van der Waals surface area contributed by atoms with Crippen molar-refractivity contribution in [1.29, 1.82) is 0 Å². The largest absolute Gasteiger partial charge is 0.456 e. The fraction of sp³-hybridized carbons (Fsp3) is 0.321. The third-order valence-electron chi connectivity index (χ3n) is 6.89. The molecule has 0 radical (unpaired) electrons. The molecule has 37 heavy (non-hydrogen) atoms. The molecule has 2 aliphatic rings. The molecule has 0 unspecified atom stereocenters. The summed E-state index contributed by atoms with van der Waals surface area (Å²) in [6.45, 7) is 2.43. The average Bonchev–Trinajstić information content (AvgIpc) is 3.60. The van der Waals surface area contributed by atoms with Crippen molar-refractivity contribution >= 4 is 28.5 Å². The lowest BCUT2D eigenvalue weighted by Crippen LogP contribution is -2.34. The van der Waals surface area contributed by atoms with Crippen molar-refractivity contribution < 1.29 is 24.1 Å². The van der Waals surface area contributed by atoms with E-state index in [1.165, 1.54) is 0 Å². The number of ether oxygens (including phenoxy) is 3. The van der Waals surface area contributed by atoms with Crippen molar-refractivity contribution in [1.82, 2.24) is 15.0 Å². The Labute approximate surface area is 218 Å². The number of pyridine rings is 1. The van der Waals surface area contributed by atoms with Gasteiger partial charge in [0.1, 0.15) is 24.1 Å². The predicted octanol–water partition coefficient (Wildman–Crippen LogP) is 4.37.